The molecule has 0 unspecified atom stereocenters. The van der Waals surface area contributed by atoms with Gasteiger partial charge >= 0.3 is 0 Å². The van der Waals surface area contributed by atoms with Gasteiger partial charge in [0.1, 0.15) is 5.75 Å². The van der Waals surface area contributed by atoms with Crippen molar-refractivity contribution in [3.8, 4) is 5.75 Å². The number of rotatable bonds is 3. The van der Waals surface area contributed by atoms with Crippen LogP contribution in [0.2, 0.25) is 0 Å². The predicted octanol–water partition coefficient (Wildman–Crippen LogP) is 1.96. The molecule has 1 aromatic heterocycles. The second-order valence-corrected chi connectivity index (χ2v) is 6.46. The standard InChI is InChI=1S/C10H10N2O3S2/c1-7-11-6-10(16-7)17(14,15)12-8-4-2-3-5-9(8)13/h2-6,12-13H,1H3. The summed E-state index contributed by atoms with van der Waals surface area (Å²) in [5.74, 6) is -0.114. The van der Waals surface area contributed by atoms with Crippen LogP contribution in [0, 0.1) is 6.92 Å². The summed E-state index contributed by atoms with van der Waals surface area (Å²) < 4.78 is 26.3. The molecule has 1 aromatic carbocycles. The van der Waals surface area contributed by atoms with Crippen LogP contribution in [0.15, 0.2) is 34.7 Å². The van der Waals surface area contributed by atoms with E-state index in [1.807, 2.05) is 0 Å². The van der Waals surface area contributed by atoms with Crippen LogP contribution in [-0.2, 0) is 10.0 Å². The molecule has 0 atom stereocenters. The number of hydrogen-bond acceptors (Lipinski definition) is 5. The Morgan fingerprint density at radius 2 is 2.06 bits per heavy atom. The van der Waals surface area contributed by atoms with Crippen LogP contribution in [0.25, 0.3) is 0 Å². The number of nitrogens with zero attached hydrogens (tertiary/aromatic N) is 1. The van der Waals surface area contributed by atoms with Gasteiger partial charge in [-0.05, 0) is 19.1 Å². The molecule has 17 heavy (non-hydrogen) atoms. The molecule has 0 fully saturated rings. The number of thiazole rings is 1. The van der Waals surface area contributed by atoms with E-state index in [0.717, 1.165) is 11.3 Å². The smallest absolute Gasteiger partial charge is 0.273 e. The Bertz CT molecular complexity index is 635. The average Bonchev–Trinajstić information content (AvgIpc) is 2.69. The van der Waals surface area contributed by atoms with Crippen molar-refractivity contribution in [3.63, 3.8) is 0 Å². The van der Waals surface area contributed by atoms with Crippen LogP contribution in [-0.4, -0.2) is 18.5 Å². The van der Waals surface area contributed by atoms with E-state index in [1.54, 1.807) is 19.1 Å². The Labute approximate surface area is 103 Å². The summed E-state index contributed by atoms with van der Waals surface area (Å²) in [5, 5.41) is 10.2. The average molecular weight is 270 g/mol. The lowest BCUT2D eigenvalue weighted by Crippen LogP contribution is -2.11. The van der Waals surface area contributed by atoms with Crippen LogP contribution in [0.5, 0.6) is 5.75 Å². The minimum Gasteiger partial charge on any atom is -0.506 e. The largest absolute Gasteiger partial charge is 0.506 e. The number of aromatic hydroxyl groups is 1. The summed E-state index contributed by atoms with van der Waals surface area (Å²) in [7, 11) is -3.67. The van der Waals surface area contributed by atoms with Crippen molar-refractivity contribution in [3.05, 3.63) is 35.5 Å². The molecule has 0 aliphatic carbocycles. The number of benzene rings is 1. The first kappa shape index (κ1) is 11.9. The highest BCUT2D eigenvalue weighted by Crippen LogP contribution is 2.26. The molecule has 5 nitrogen and oxygen atoms in total. The van der Waals surface area contributed by atoms with Crippen molar-refractivity contribution < 1.29 is 13.5 Å². The molecule has 2 N–H and O–H groups in total. The second kappa shape index (κ2) is 4.34. The third-order valence-corrected chi connectivity index (χ3v) is 4.75. The van der Waals surface area contributed by atoms with E-state index in [0.29, 0.717) is 5.01 Å². The van der Waals surface area contributed by atoms with Gasteiger partial charge in [-0.2, -0.15) is 0 Å². The molecular formula is C10H10N2O3S2. The van der Waals surface area contributed by atoms with Gasteiger partial charge in [-0.1, -0.05) is 12.1 Å². The Kier molecular flexibility index (Phi) is 3.03. The van der Waals surface area contributed by atoms with E-state index in [1.165, 1.54) is 18.3 Å². The number of hydrogen-bond donors (Lipinski definition) is 2. The highest BCUT2D eigenvalue weighted by atomic mass is 32.2. The molecule has 7 heteroatoms. The Morgan fingerprint density at radius 3 is 2.65 bits per heavy atom. The molecule has 0 amide bonds. The lowest BCUT2D eigenvalue weighted by atomic mass is 10.3. The van der Waals surface area contributed by atoms with Crippen molar-refractivity contribution in [2.45, 2.75) is 11.1 Å². The topological polar surface area (TPSA) is 79.3 Å². The Morgan fingerprint density at radius 1 is 1.35 bits per heavy atom. The molecule has 2 rings (SSSR count). The first-order chi connectivity index (χ1) is 7.99. The first-order valence-corrected chi connectivity index (χ1v) is 7.02. The molecule has 0 saturated heterocycles. The highest BCUT2D eigenvalue weighted by molar-refractivity contribution is 7.94. The molecule has 2 aromatic rings. The molecule has 0 bridgehead atoms. The third-order valence-electron chi connectivity index (χ3n) is 2.01. The number of para-hydroxylation sites is 2. The molecule has 0 radical (unpaired) electrons. The fourth-order valence-electron chi connectivity index (χ4n) is 1.22. The quantitative estimate of drug-likeness (QED) is 0.836. The molecule has 0 saturated carbocycles. The summed E-state index contributed by atoms with van der Waals surface area (Å²) in [6.45, 7) is 1.73. The maximum Gasteiger partial charge on any atom is 0.273 e. The zero-order valence-corrected chi connectivity index (χ0v) is 10.5. The summed E-state index contributed by atoms with van der Waals surface area (Å²) in [6, 6.07) is 6.15. The summed E-state index contributed by atoms with van der Waals surface area (Å²) >= 11 is 1.08. The van der Waals surface area contributed by atoms with Gasteiger partial charge in [-0.15, -0.1) is 11.3 Å². The van der Waals surface area contributed by atoms with Crippen LogP contribution in [0.4, 0.5) is 5.69 Å². The zero-order valence-electron chi connectivity index (χ0n) is 8.91. The number of anilines is 1. The van der Waals surface area contributed by atoms with Crippen molar-refractivity contribution >= 4 is 27.0 Å². The van der Waals surface area contributed by atoms with E-state index >= 15 is 0 Å². The first-order valence-electron chi connectivity index (χ1n) is 4.72. The summed E-state index contributed by atoms with van der Waals surface area (Å²) in [5.41, 5.74) is 0.151. The Hall–Kier alpha value is -1.60. The van der Waals surface area contributed by atoms with Crippen molar-refractivity contribution in [1.29, 1.82) is 0 Å². The lowest BCUT2D eigenvalue weighted by molar-refractivity contribution is 0.477. The van der Waals surface area contributed by atoms with Crippen LogP contribution in [0.3, 0.4) is 0 Å². The molecule has 1 heterocycles. The monoisotopic (exact) mass is 270 g/mol. The molecule has 0 aliphatic heterocycles. The van der Waals surface area contributed by atoms with Gasteiger partial charge in [-0.25, -0.2) is 13.4 Å². The summed E-state index contributed by atoms with van der Waals surface area (Å²) in [4.78, 5) is 3.88. The van der Waals surface area contributed by atoms with Gasteiger partial charge in [-0.3, -0.25) is 4.72 Å². The number of phenols is 1. The molecule has 90 valence electrons. The minimum atomic E-state index is -3.67. The predicted molar refractivity (Wildman–Crippen MR) is 65.8 cm³/mol. The maximum absolute atomic E-state index is 11.9. The van der Waals surface area contributed by atoms with Gasteiger partial charge in [0.15, 0.2) is 4.21 Å². The van der Waals surface area contributed by atoms with Gasteiger partial charge < -0.3 is 5.11 Å². The molecule has 0 aliphatic rings. The SMILES string of the molecule is Cc1ncc(S(=O)(=O)Nc2ccccc2O)s1. The molecule has 0 spiro atoms. The van der Waals surface area contributed by atoms with Crippen LogP contribution >= 0.6 is 11.3 Å². The summed E-state index contributed by atoms with van der Waals surface area (Å²) in [6.07, 6.45) is 1.29. The third kappa shape index (κ3) is 2.56. The number of sulfonamides is 1. The number of phenolic OH excluding ortho intramolecular Hbond substituents is 1. The normalized spacial score (nSPS) is 11.4. The van der Waals surface area contributed by atoms with Crippen molar-refractivity contribution in [1.82, 2.24) is 4.98 Å². The fourth-order valence-corrected chi connectivity index (χ4v) is 3.40. The van der Waals surface area contributed by atoms with Gasteiger partial charge in [0.2, 0.25) is 0 Å². The van der Waals surface area contributed by atoms with E-state index < -0.39 is 10.0 Å². The van der Waals surface area contributed by atoms with Gasteiger partial charge in [0.25, 0.3) is 10.0 Å². The van der Waals surface area contributed by atoms with Crippen molar-refractivity contribution in [2.75, 3.05) is 4.72 Å². The fraction of sp³-hybridized carbons (Fsp3) is 0.100. The maximum atomic E-state index is 11.9. The van der Waals surface area contributed by atoms with Crippen LogP contribution < -0.4 is 4.72 Å². The highest BCUT2D eigenvalue weighted by Gasteiger charge is 2.18. The van der Waals surface area contributed by atoms with Crippen molar-refractivity contribution in [2.24, 2.45) is 0 Å². The van der Waals surface area contributed by atoms with E-state index in [4.69, 9.17) is 0 Å². The minimum absolute atomic E-state index is 0.114. The number of nitrogens with one attached hydrogen (secondary N) is 1. The Balaban J connectivity index is 2.33. The second-order valence-electron chi connectivity index (χ2n) is 3.32. The lowest BCUT2D eigenvalue weighted by Gasteiger charge is -2.06. The number of aromatic nitrogens is 1. The van der Waals surface area contributed by atoms with E-state index in [2.05, 4.69) is 9.71 Å². The number of aryl methyl sites for hydroxylation is 1. The zero-order chi connectivity index (χ0) is 12.5. The van der Waals surface area contributed by atoms with Gasteiger partial charge in [0, 0.05) is 0 Å². The van der Waals surface area contributed by atoms with Crippen LogP contribution in [0.1, 0.15) is 5.01 Å². The van der Waals surface area contributed by atoms with E-state index in [9.17, 15) is 13.5 Å². The van der Waals surface area contributed by atoms with Gasteiger partial charge in [0.05, 0.1) is 16.9 Å². The molecular weight excluding hydrogens is 260 g/mol. The van der Waals surface area contributed by atoms with E-state index in [-0.39, 0.29) is 15.6 Å².